The van der Waals surface area contributed by atoms with Gasteiger partial charge in [0, 0.05) is 24.8 Å². The number of rotatable bonds is 12. The van der Waals surface area contributed by atoms with Gasteiger partial charge in [0.2, 0.25) is 11.8 Å². The van der Waals surface area contributed by atoms with Crippen LogP contribution in [0.4, 0.5) is 4.39 Å². The quantitative estimate of drug-likeness (QED) is 0.357. The molecule has 0 spiro atoms. The molecule has 0 bridgehead atoms. The van der Waals surface area contributed by atoms with Gasteiger partial charge in [0.25, 0.3) is 0 Å². The highest BCUT2D eigenvalue weighted by atomic mass is 32.2. The lowest BCUT2D eigenvalue weighted by Gasteiger charge is -2.32. The molecule has 0 radical (unpaired) electrons. The predicted octanol–water partition coefficient (Wildman–Crippen LogP) is 5.61. The normalized spacial score (nSPS) is 12.5. The Labute approximate surface area is 211 Å². The van der Waals surface area contributed by atoms with E-state index in [0.717, 1.165) is 17.5 Å². The predicted molar refractivity (Wildman–Crippen MR) is 141 cm³/mol. The summed E-state index contributed by atoms with van der Waals surface area (Å²) in [6.45, 7) is 4.31. The van der Waals surface area contributed by atoms with Crippen LogP contribution in [-0.4, -0.2) is 34.6 Å². The zero-order chi connectivity index (χ0) is 25.0. The Morgan fingerprint density at radius 1 is 0.914 bits per heavy atom. The molecule has 3 aromatic rings. The second-order valence-corrected chi connectivity index (χ2v) is 9.60. The third kappa shape index (κ3) is 8.25. The van der Waals surface area contributed by atoms with E-state index < -0.39 is 6.04 Å². The molecule has 184 valence electrons. The number of benzene rings is 3. The molecule has 0 aliphatic heterocycles. The van der Waals surface area contributed by atoms with Crippen LogP contribution in [0.1, 0.15) is 37.0 Å². The summed E-state index contributed by atoms with van der Waals surface area (Å²) in [7, 11) is 0. The van der Waals surface area contributed by atoms with Gasteiger partial charge in [0.1, 0.15) is 11.9 Å². The van der Waals surface area contributed by atoms with Gasteiger partial charge in [0.15, 0.2) is 0 Å². The Morgan fingerprint density at radius 3 is 2.14 bits per heavy atom. The number of amides is 2. The van der Waals surface area contributed by atoms with Gasteiger partial charge in [0.05, 0.1) is 5.75 Å². The zero-order valence-electron chi connectivity index (χ0n) is 20.3. The number of carbonyl (C=O) groups excluding carboxylic acids is 2. The highest BCUT2D eigenvalue weighted by Crippen LogP contribution is 2.20. The summed E-state index contributed by atoms with van der Waals surface area (Å²) in [5.41, 5.74) is 2.51. The molecule has 35 heavy (non-hydrogen) atoms. The second-order valence-electron chi connectivity index (χ2n) is 8.61. The summed E-state index contributed by atoms with van der Waals surface area (Å²) < 4.78 is 14.0. The van der Waals surface area contributed by atoms with Crippen molar-refractivity contribution in [2.75, 3.05) is 5.75 Å². The second kappa shape index (κ2) is 13.7. The van der Waals surface area contributed by atoms with E-state index in [1.54, 1.807) is 23.1 Å². The molecule has 1 N–H and O–H groups in total. The van der Waals surface area contributed by atoms with Crippen LogP contribution in [-0.2, 0) is 28.3 Å². The molecular formula is C29H33FN2O2S. The van der Waals surface area contributed by atoms with Gasteiger partial charge in [-0.3, -0.25) is 9.59 Å². The summed E-state index contributed by atoms with van der Waals surface area (Å²) >= 11 is 1.36. The number of nitrogens with zero attached hydrogens (tertiary/aromatic N) is 1. The van der Waals surface area contributed by atoms with Crippen LogP contribution in [0, 0.1) is 5.82 Å². The standard InChI is InChI=1S/C29H33FN2O2S/c1-3-22(2)31-29(34)27(18-23-12-6-4-7-13-23)32(19-24-14-8-5-9-15-24)28(33)21-35-20-25-16-10-11-17-26(25)30/h4-17,22,27H,3,18-21H2,1-2H3,(H,31,34)/t22-,27+/m1/s1. The maximum absolute atomic E-state index is 14.0. The minimum absolute atomic E-state index is 0.00452. The average Bonchev–Trinajstić information content (AvgIpc) is 2.88. The first kappa shape index (κ1) is 26.5. The first-order valence-electron chi connectivity index (χ1n) is 12.0. The van der Waals surface area contributed by atoms with E-state index in [0.29, 0.717) is 24.3 Å². The van der Waals surface area contributed by atoms with Gasteiger partial charge in [-0.25, -0.2) is 4.39 Å². The molecule has 0 heterocycles. The molecule has 0 aliphatic rings. The third-order valence-electron chi connectivity index (χ3n) is 5.91. The van der Waals surface area contributed by atoms with E-state index in [1.807, 2.05) is 74.5 Å². The van der Waals surface area contributed by atoms with Crippen LogP contribution in [0.2, 0.25) is 0 Å². The summed E-state index contributed by atoms with van der Waals surface area (Å²) in [6, 6.07) is 25.4. The van der Waals surface area contributed by atoms with Crippen LogP contribution in [0.5, 0.6) is 0 Å². The van der Waals surface area contributed by atoms with Crippen LogP contribution >= 0.6 is 11.8 Å². The van der Waals surface area contributed by atoms with Crippen molar-refractivity contribution in [1.29, 1.82) is 0 Å². The van der Waals surface area contributed by atoms with Gasteiger partial charge in [-0.1, -0.05) is 85.8 Å². The van der Waals surface area contributed by atoms with Crippen molar-refractivity contribution < 1.29 is 14.0 Å². The van der Waals surface area contributed by atoms with E-state index in [2.05, 4.69) is 5.32 Å². The Kier molecular flexibility index (Phi) is 10.4. The van der Waals surface area contributed by atoms with Crippen molar-refractivity contribution >= 4 is 23.6 Å². The Hall–Kier alpha value is -3.12. The van der Waals surface area contributed by atoms with Crippen molar-refractivity contribution in [3.8, 4) is 0 Å². The fourth-order valence-corrected chi connectivity index (χ4v) is 4.62. The summed E-state index contributed by atoms with van der Waals surface area (Å²) in [5, 5.41) is 3.07. The molecular weight excluding hydrogens is 459 g/mol. The Morgan fingerprint density at radius 2 is 1.51 bits per heavy atom. The summed E-state index contributed by atoms with van der Waals surface area (Å²) in [6.07, 6.45) is 1.22. The lowest BCUT2D eigenvalue weighted by atomic mass is 10.0. The lowest BCUT2D eigenvalue weighted by molar-refractivity contribution is -0.139. The first-order valence-corrected chi connectivity index (χ1v) is 13.1. The molecule has 0 aromatic heterocycles. The summed E-state index contributed by atoms with van der Waals surface area (Å²) in [4.78, 5) is 28.7. The number of thioether (sulfide) groups is 1. The van der Waals surface area contributed by atoms with Crippen molar-refractivity contribution in [3.63, 3.8) is 0 Å². The molecule has 0 saturated heterocycles. The van der Waals surface area contributed by atoms with Crippen molar-refractivity contribution in [2.45, 2.75) is 51.1 Å². The zero-order valence-corrected chi connectivity index (χ0v) is 21.1. The van der Waals surface area contributed by atoms with Crippen LogP contribution < -0.4 is 5.32 Å². The molecule has 3 rings (SSSR count). The highest BCUT2D eigenvalue weighted by Gasteiger charge is 2.30. The molecule has 0 aliphatic carbocycles. The number of hydrogen-bond donors (Lipinski definition) is 1. The molecule has 4 nitrogen and oxygen atoms in total. The highest BCUT2D eigenvalue weighted by molar-refractivity contribution is 7.99. The van der Waals surface area contributed by atoms with Gasteiger partial charge in [-0.2, -0.15) is 0 Å². The molecule has 3 aromatic carbocycles. The minimum Gasteiger partial charge on any atom is -0.352 e. The van der Waals surface area contributed by atoms with Crippen molar-refractivity contribution in [1.82, 2.24) is 10.2 Å². The third-order valence-corrected chi connectivity index (χ3v) is 6.88. The lowest BCUT2D eigenvalue weighted by Crippen LogP contribution is -2.52. The SMILES string of the molecule is CC[C@@H](C)NC(=O)[C@H](Cc1ccccc1)N(Cc1ccccc1)C(=O)CSCc1ccccc1F. The number of nitrogens with one attached hydrogen (secondary N) is 1. The Bertz CT molecular complexity index is 1080. The molecule has 6 heteroatoms. The number of carbonyl (C=O) groups is 2. The van der Waals surface area contributed by atoms with Crippen LogP contribution in [0.3, 0.4) is 0 Å². The molecule has 2 atom stereocenters. The van der Waals surface area contributed by atoms with E-state index in [4.69, 9.17) is 0 Å². The molecule has 0 unspecified atom stereocenters. The van der Waals surface area contributed by atoms with Gasteiger partial charge in [-0.15, -0.1) is 11.8 Å². The van der Waals surface area contributed by atoms with E-state index >= 15 is 0 Å². The van der Waals surface area contributed by atoms with Crippen molar-refractivity contribution in [3.05, 3.63) is 107 Å². The monoisotopic (exact) mass is 492 g/mol. The summed E-state index contributed by atoms with van der Waals surface area (Å²) in [5.74, 6) is -0.0335. The largest absolute Gasteiger partial charge is 0.352 e. The Balaban J connectivity index is 1.84. The topological polar surface area (TPSA) is 49.4 Å². The maximum atomic E-state index is 14.0. The fourth-order valence-electron chi connectivity index (χ4n) is 3.72. The fraction of sp³-hybridized carbons (Fsp3) is 0.310. The smallest absolute Gasteiger partial charge is 0.243 e. The van der Waals surface area contributed by atoms with Gasteiger partial charge in [-0.05, 0) is 36.1 Å². The first-order chi connectivity index (χ1) is 17.0. The number of halogens is 1. The van der Waals surface area contributed by atoms with Gasteiger partial charge >= 0.3 is 0 Å². The average molecular weight is 493 g/mol. The van der Waals surface area contributed by atoms with E-state index in [1.165, 1.54) is 17.8 Å². The van der Waals surface area contributed by atoms with Crippen molar-refractivity contribution in [2.24, 2.45) is 0 Å². The van der Waals surface area contributed by atoms with Crippen LogP contribution in [0.25, 0.3) is 0 Å². The van der Waals surface area contributed by atoms with E-state index in [9.17, 15) is 14.0 Å². The van der Waals surface area contributed by atoms with Crippen LogP contribution in [0.15, 0.2) is 84.9 Å². The number of hydrogen-bond acceptors (Lipinski definition) is 3. The van der Waals surface area contributed by atoms with Gasteiger partial charge < -0.3 is 10.2 Å². The molecule has 0 saturated carbocycles. The molecule has 2 amide bonds. The van der Waals surface area contributed by atoms with E-state index in [-0.39, 0.29) is 29.4 Å². The maximum Gasteiger partial charge on any atom is 0.243 e. The molecule has 0 fully saturated rings. The minimum atomic E-state index is -0.659.